The lowest BCUT2D eigenvalue weighted by Gasteiger charge is -2.40. The van der Waals surface area contributed by atoms with Gasteiger partial charge >= 0.3 is 6.09 Å². The van der Waals surface area contributed by atoms with E-state index in [1.807, 2.05) is 33.8 Å². The minimum atomic E-state index is -0.461. The summed E-state index contributed by atoms with van der Waals surface area (Å²) >= 11 is 0. The van der Waals surface area contributed by atoms with E-state index in [9.17, 15) is 4.79 Å². The molecule has 1 fully saturated rings. The summed E-state index contributed by atoms with van der Waals surface area (Å²) in [4.78, 5) is 22.1. The normalized spacial score (nSPS) is 15.9. The Labute approximate surface area is 113 Å². The zero-order valence-corrected chi connectivity index (χ0v) is 11.8. The lowest BCUT2D eigenvalue weighted by atomic mass is 10.1. The van der Waals surface area contributed by atoms with Crippen molar-refractivity contribution in [1.82, 2.24) is 15.3 Å². The van der Waals surface area contributed by atoms with Crippen molar-refractivity contribution in [3.8, 4) is 0 Å². The first-order valence-corrected chi connectivity index (χ1v) is 6.37. The highest BCUT2D eigenvalue weighted by Crippen LogP contribution is 2.18. The molecule has 19 heavy (non-hydrogen) atoms. The number of nitrogens with zero attached hydrogens (tertiary/aromatic N) is 3. The number of hydrogen-bond donors (Lipinski definition) is 1. The number of aromatic nitrogens is 2. The fourth-order valence-electron chi connectivity index (χ4n) is 1.85. The third kappa shape index (κ3) is 3.81. The van der Waals surface area contributed by atoms with Gasteiger partial charge in [-0.05, 0) is 33.8 Å². The molecule has 104 valence electrons. The summed E-state index contributed by atoms with van der Waals surface area (Å²) in [6.45, 7) is 8.90. The Morgan fingerprint density at radius 1 is 1.47 bits per heavy atom. The van der Waals surface area contributed by atoms with Crippen LogP contribution < -0.4 is 10.2 Å². The van der Waals surface area contributed by atoms with E-state index in [1.165, 1.54) is 0 Å². The number of nitrogens with one attached hydrogen (secondary N) is 1. The molecule has 2 heterocycles. The van der Waals surface area contributed by atoms with Crippen molar-refractivity contribution in [2.24, 2.45) is 0 Å². The van der Waals surface area contributed by atoms with Gasteiger partial charge in [-0.2, -0.15) is 0 Å². The minimum Gasteiger partial charge on any atom is -0.444 e. The van der Waals surface area contributed by atoms with Gasteiger partial charge in [0.1, 0.15) is 17.2 Å². The van der Waals surface area contributed by atoms with Gasteiger partial charge in [-0.25, -0.2) is 14.8 Å². The van der Waals surface area contributed by atoms with Crippen LogP contribution in [0.2, 0.25) is 0 Å². The molecule has 1 aliphatic rings. The monoisotopic (exact) mass is 264 g/mol. The number of rotatable bonds is 2. The molecule has 0 atom stereocenters. The van der Waals surface area contributed by atoms with Crippen LogP contribution >= 0.6 is 0 Å². The molecule has 1 N–H and O–H groups in total. The summed E-state index contributed by atoms with van der Waals surface area (Å²) in [5, 5.41) is 2.84. The zero-order chi connectivity index (χ0) is 14.0. The predicted molar refractivity (Wildman–Crippen MR) is 72.1 cm³/mol. The highest BCUT2D eigenvalue weighted by atomic mass is 16.6. The summed E-state index contributed by atoms with van der Waals surface area (Å²) in [5.74, 6) is 1.65. The third-order valence-electron chi connectivity index (χ3n) is 2.69. The standard InChI is InChI=1S/C13H20N4O2/c1-9-14-6-5-11(15-9)17-7-10(8-17)16-12(18)19-13(2,3)4/h5-6,10H,7-8H2,1-4H3,(H,16,18). The van der Waals surface area contributed by atoms with E-state index in [-0.39, 0.29) is 12.1 Å². The second-order valence-electron chi connectivity index (χ2n) is 5.71. The van der Waals surface area contributed by atoms with Crippen LogP contribution in [0.3, 0.4) is 0 Å². The van der Waals surface area contributed by atoms with Crippen LogP contribution in [0.5, 0.6) is 0 Å². The summed E-state index contributed by atoms with van der Waals surface area (Å²) in [5.41, 5.74) is -0.461. The van der Waals surface area contributed by atoms with Crippen LogP contribution in [0.15, 0.2) is 12.3 Å². The highest BCUT2D eigenvalue weighted by molar-refractivity contribution is 5.68. The van der Waals surface area contributed by atoms with E-state index in [0.29, 0.717) is 0 Å². The third-order valence-corrected chi connectivity index (χ3v) is 2.69. The van der Waals surface area contributed by atoms with Crippen molar-refractivity contribution in [1.29, 1.82) is 0 Å². The molecule has 6 nitrogen and oxygen atoms in total. The molecule has 6 heteroatoms. The average Bonchev–Trinajstić information content (AvgIpc) is 2.20. The van der Waals surface area contributed by atoms with Crippen molar-refractivity contribution in [3.05, 3.63) is 18.1 Å². The summed E-state index contributed by atoms with van der Waals surface area (Å²) < 4.78 is 5.21. The van der Waals surface area contributed by atoms with Gasteiger partial charge in [-0.15, -0.1) is 0 Å². The smallest absolute Gasteiger partial charge is 0.407 e. The van der Waals surface area contributed by atoms with Crippen LogP contribution in [0.4, 0.5) is 10.6 Å². The Morgan fingerprint density at radius 3 is 2.74 bits per heavy atom. The zero-order valence-electron chi connectivity index (χ0n) is 11.8. The second kappa shape index (κ2) is 5.03. The number of amides is 1. The largest absolute Gasteiger partial charge is 0.444 e. The quantitative estimate of drug-likeness (QED) is 0.876. The maximum Gasteiger partial charge on any atom is 0.407 e. The Kier molecular flexibility index (Phi) is 3.59. The summed E-state index contributed by atoms with van der Waals surface area (Å²) in [6.07, 6.45) is 1.38. The first-order chi connectivity index (χ1) is 8.83. The molecular weight excluding hydrogens is 244 g/mol. The number of ether oxygens (including phenoxy) is 1. The Bertz CT molecular complexity index is 464. The number of alkyl carbamates (subject to hydrolysis) is 1. The molecule has 1 saturated heterocycles. The molecule has 0 aromatic carbocycles. The second-order valence-corrected chi connectivity index (χ2v) is 5.71. The van der Waals surface area contributed by atoms with Gasteiger partial charge in [0, 0.05) is 19.3 Å². The van der Waals surface area contributed by atoms with Gasteiger partial charge in [0.25, 0.3) is 0 Å². The number of hydrogen-bond acceptors (Lipinski definition) is 5. The van der Waals surface area contributed by atoms with Crippen LogP contribution in [0, 0.1) is 6.92 Å². The van der Waals surface area contributed by atoms with Crippen LogP contribution in [-0.4, -0.2) is 40.8 Å². The molecule has 0 radical (unpaired) electrons. The number of carbonyl (C=O) groups is 1. The van der Waals surface area contributed by atoms with Crippen molar-refractivity contribution >= 4 is 11.9 Å². The van der Waals surface area contributed by atoms with Crippen molar-refractivity contribution in [2.45, 2.75) is 39.3 Å². The van der Waals surface area contributed by atoms with E-state index in [2.05, 4.69) is 20.2 Å². The molecule has 1 amide bonds. The molecule has 0 bridgehead atoms. The van der Waals surface area contributed by atoms with Crippen LogP contribution in [-0.2, 0) is 4.74 Å². The Morgan fingerprint density at radius 2 is 2.16 bits per heavy atom. The lowest BCUT2D eigenvalue weighted by Crippen LogP contribution is -2.60. The lowest BCUT2D eigenvalue weighted by molar-refractivity contribution is 0.0496. The molecular formula is C13H20N4O2. The summed E-state index contributed by atoms with van der Waals surface area (Å²) in [7, 11) is 0. The fourth-order valence-corrected chi connectivity index (χ4v) is 1.85. The van der Waals surface area contributed by atoms with Gasteiger partial charge in [0.15, 0.2) is 0 Å². The van der Waals surface area contributed by atoms with E-state index in [4.69, 9.17) is 4.74 Å². The summed E-state index contributed by atoms with van der Waals surface area (Å²) in [6, 6.07) is 1.99. The molecule has 0 spiro atoms. The fraction of sp³-hybridized carbons (Fsp3) is 0.615. The highest BCUT2D eigenvalue weighted by Gasteiger charge is 2.30. The molecule has 1 aromatic rings. The Hall–Kier alpha value is -1.85. The number of anilines is 1. The molecule has 1 aromatic heterocycles. The predicted octanol–water partition coefficient (Wildman–Crippen LogP) is 1.50. The first-order valence-electron chi connectivity index (χ1n) is 6.37. The number of aryl methyl sites for hydroxylation is 1. The van der Waals surface area contributed by atoms with Gasteiger partial charge < -0.3 is 15.0 Å². The molecule has 1 aliphatic heterocycles. The first kappa shape index (κ1) is 13.6. The van der Waals surface area contributed by atoms with E-state index in [0.717, 1.165) is 24.7 Å². The average molecular weight is 264 g/mol. The minimum absolute atomic E-state index is 0.116. The Balaban J connectivity index is 1.79. The molecule has 0 unspecified atom stereocenters. The maximum atomic E-state index is 11.6. The van der Waals surface area contributed by atoms with Crippen molar-refractivity contribution < 1.29 is 9.53 Å². The topological polar surface area (TPSA) is 67.4 Å². The van der Waals surface area contributed by atoms with Gasteiger partial charge in [0.2, 0.25) is 0 Å². The molecule has 0 aliphatic carbocycles. The molecule has 0 saturated carbocycles. The SMILES string of the molecule is Cc1nccc(N2CC(NC(=O)OC(C)(C)C)C2)n1. The van der Waals surface area contributed by atoms with Crippen LogP contribution in [0.25, 0.3) is 0 Å². The maximum absolute atomic E-state index is 11.6. The van der Waals surface area contributed by atoms with Gasteiger partial charge in [-0.1, -0.05) is 0 Å². The molecule has 2 rings (SSSR count). The van der Waals surface area contributed by atoms with E-state index >= 15 is 0 Å². The van der Waals surface area contributed by atoms with E-state index in [1.54, 1.807) is 6.20 Å². The van der Waals surface area contributed by atoms with Gasteiger partial charge in [0.05, 0.1) is 6.04 Å². The van der Waals surface area contributed by atoms with E-state index < -0.39 is 5.60 Å². The van der Waals surface area contributed by atoms with Crippen molar-refractivity contribution in [2.75, 3.05) is 18.0 Å². The number of carbonyl (C=O) groups excluding carboxylic acids is 1. The van der Waals surface area contributed by atoms with Gasteiger partial charge in [-0.3, -0.25) is 0 Å². The van der Waals surface area contributed by atoms with Crippen LogP contribution in [0.1, 0.15) is 26.6 Å². The van der Waals surface area contributed by atoms with Crippen molar-refractivity contribution in [3.63, 3.8) is 0 Å².